The quantitative estimate of drug-likeness (QED) is 0.495. The van der Waals surface area contributed by atoms with Gasteiger partial charge in [0.25, 0.3) is 40.0 Å². The Balaban J connectivity index is 0.000000423. The van der Waals surface area contributed by atoms with Gasteiger partial charge in [-0.2, -0.15) is 0 Å². The van der Waals surface area contributed by atoms with E-state index in [1.807, 2.05) is 17.9 Å². The number of rotatable bonds is 4. The van der Waals surface area contributed by atoms with Crippen molar-refractivity contribution in [3.8, 4) is 0 Å². The first-order valence-corrected chi connectivity index (χ1v) is 24.9. The first kappa shape index (κ1) is 21.4. The Hall–Kier alpha value is 0.356. The third-order valence-electron chi connectivity index (χ3n) is 3.63. The van der Waals surface area contributed by atoms with Crippen molar-refractivity contribution in [3.63, 3.8) is 0 Å². The summed E-state index contributed by atoms with van der Waals surface area (Å²) in [6, 6.07) is 0. The van der Waals surface area contributed by atoms with Crippen molar-refractivity contribution >= 4 is 40.0 Å². The van der Waals surface area contributed by atoms with Gasteiger partial charge in [-0.1, -0.05) is 0 Å². The number of hydrogen-bond donors (Lipinski definition) is 0. The second kappa shape index (κ2) is 4.68. The van der Waals surface area contributed by atoms with E-state index in [9.17, 15) is 0 Å². The molecule has 1 fully saturated rings. The van der Waals surface area contributed by atoms with Crippen LogP contribution in [-0.4, -0.2) is 40.0 Å². The van der Waals surface area contributed by atoms with Crippen LogP contribution < -0.4 is 0 Å². The first-order chi connectivity index (χ1) is 9.24. The van der Waals surface area contributed by atoms with Crippen molar-refractivity contribution in [2.75, 3.05) is 0 Å². The summed E-state index contributed by atoms with van der Waals surface area (Å²) >= 11 is -4.42. The van der Waals surface area contributed by atoms with Crippen LogP contribution in [0.2, 0.25) is 21.3 Å². The van der Waals surface area contributed by atoms with Crippen molar-refractivity contribution in [3.05, 3.63) is 44.2 Å². The van der Waals surface area contributed by atoms with Gasteiger partial charge in [-0.3, -0.25) is 0 Å². The summed E-state index contributed by atoms with van der Waals surface area (Å²) in [5, 5.41) is 8.74. The maximum Gasteiger partial charge on any atom is 0.286 e. The van der Waals surface area contributed by atoms with Crippen molar-refractivity contribution in [2.45, 2.75) is 21.3 Å². The van der Waals surface area contributed by atoms with Crippen LogP contribution in [0.15, 0.2) is 44.2 Å². The fourth-order valence-corrected chi connectivity index (χ4v) is 10.2. The average Bonchev–Trinajstić information content (AvgIpc) is 2.41. The molecule has 0 radical (unpaired) electrons. The third kappa shape index (κ3) is 5.19. The molecule has 1 aliphatic heterocycles. The summed E-state index contributed by atoms with van der Waals surface area (Å²) in [5.41, 5.74) is 0. The summed E-state index contributed by atoms with van der Waals surface area (Å²) in [6.07, 6.45) is 0. The van der Waals surface area contributed by atoms with Crippen LogP contribution in [0.3, 0.4) is 0 Å². The predicted octanol–water partition coefficient (Wildman–Crippen LogP) is 1.11. The molecule has 1 heterocycles. The van der Waals surface area contributed by atoms with Gasteiger partial charge < -0.3 is 16.5 Å². The van der Waals surface area contributed by atoms with Crippen LogP contribution in [0, 0.1) is 0 Å². The van der Waals surface area contributed by atoms with Crippen molar-refractivity contribution in [1.29, 1.82) is 0 Å². The van der Waals surface area contributed by atoms with E-state index in [1.165, 1.54) is 0 Å². The van der Waals surface area contributed by atoms with Crippen LogP contribution >= 0.6 is 0 Å². The minimum atomic E-state index is -4.42. The summed E-state index contributed by atoms with van der Waals surface area (Å²) in [5.74, 6) is 0. The fourth-order valence-electron chi connectivity index (χ4n) is 0.688. The maximum absolute atomic E-state index is 5.10. The SMILES string of the molecule is C=[CH][Pt]([CH3])([CH3])([CH3])([CH3])([CH]=C)([CH]=C)[CH]=C.O1[SiH2]O[SiH2]O[SiH2]O[SiH2]1. The van der Waals surface area contributed by atoms with Gasteiger partial charge in [0.1, 0.15) is 0 Å². The van der Waals surface area contributed by atoms with E-state index in [1.54, 1.807) is 0 Å². The van der Waals surface area contributed by atoms with E-state index in [-0.39, 0.29) is 0 Å². The molecule has 4 nitrogen and oxygen atoms in total. The smallest absolute Gasteiger partial charge is 0.286 e. The Bertz CT molecular complexity index is 418. The van der Waals surface area contributed by atoms with Gasteiger partial charge in [0.15, 0.2) is 0 Å². The maximum atomic E-state index is 5.10. The van der Waals surface area contributed by atoms with E-state index in [2.05, 4.69) is 47.6 Å². The minimum Gasteiger partial charge on any atom is -0.425 e. The molecule has 130 valence electrons. The standard InChI is InChI=1S/4C2H3.4CH3.H8O4Si4.Pt/c4*1-2;;;;;1-5-2-7-4-8-3-6-1;/h4*1H,2H2;4*1H3;5-8H2;. The summed E-state index contributed by atoms with van der Waals surface area (Å²) in [6.45, 7) is 16.0. The Kier molecular flexibility index (Phi) is 4.76. The van der Waals surface area contributed by atoms with Gasteiger partial charge in [0.2, 0.25) is 0 Å². The Labute approximate surface area is 132 Å². The van der Waals surface area contributed by atoms with Gasteiger partial charge in [-0.15, -0.1) is 0 Å². The molecule has 0 aromatic rings. The monoisotopic (exact) mass is 547 g/mol. The van der Waals surface area contributed by atoms with Crippen molar-refractivity contribution in [1.82, 2.24) is 0 Å². The van der Waals surface area contributed by atoms with Gasteiger partial charge in [-0.05, 0) is 0 Å². The molecule has 0 aliphatic carbocycles. The molecular formula is C12H32O4PtSi4. The Morgan fingerprint density at radius 3 is 0.857 bits per heavy atom. The largest absolute Gasteiger partial charge is 0.425 e. The molecule has 0 aromatic heterocycles. The Morgan fingerprint density at radius 1 is 0.571 bits per heavy atom. The van der Waals surface area contributed by atoms with Crippen LogP contribution in [0.25, 0.3) is 0 Å². The molecule has 1 rings (SSSR count). The van der Waals surface area contributed by atoms with Gasteiger partial charge >= 0.3 is 76.5 Å². The van der Waals surface area contributed by atoms with Gasteiger partial charge in [-0.25, -0.2) is 0 Å². The molecule has 0 spiro atoms. The molecule has 0 amide bonds. The Morgan fingerprint density at radius 2 is 0.762 bits per heavy atom. The third-order valence-corrected chi connectivity index (χ3v) is 30.2. The van der Waals surface area contributed by atoms with E-state index < -0.39 is 51.1 Å². The topological polar surface area (TPSA) is 36.9 Å². The minimum absolute atomic E-state index is 0.653. The van der Waals surface area contributed by atoms with Gasteiger partial charge in [0.05, 0.1) is 0 Å². The molecule has 1 saturated heterocycles. The average molecular weight is 548 g/mol. The van der Waals surface area contributed by atoms with Crippen LogP contribution in [0.5, 0.6) is 0 Å². The predicted molar refractivity (Wildman–Crippen MR) is 103 cm³/mol. The van der Waals surface area contributed by atoms with E-state index in [0.29, 0.717) is 0 Å². The fraction of sp³-hybridized carbons (Fsp3) is 0.333. The van der Waals surface area contributed by atoms with Crippen molar-refractivity contribution in [2.24, 2.45) is 0 Å². The van der Waals surface area contributed by atoms with Crippen LogP contribution in [-0.2, 0) is 27.5 Å². The molecule has 9 heteroatoms. The van der Waals surface area contributed by atoms with Gasteiger partial charge in [0, 0.05) is 0 Å². The second-order valence-corrected chi connectivity index (χ2v) is 57.6. The zero-order chi connectivity index (χ0) is 16.8. The molecule has 0 atom stereocenters. The second-order valence-electron chi connectivity index (χ2n) is 7.26. The molecular weight excluding hydrogens is 516 g/mol. The molecule has 1 aliphatic rings. The molecule has 0 bridgehead atoms. The van der Waals surface area contributed by atoms with E-state index >= 15 is 0 Å². The first-order valence-electron chi connectivity index (χ1n) is 5.94. The summed E-state index contributed by atoms with van der Waals surface area (Å²) < 4.78 is 28.4. The molecule has 0 saturated carbocycles. The summed E-state index contributed by atoms with van der Waals surface area (Å²) in [4.78, 5) is 0. The van der Waals surface area contributed by atoms with Crippen LogP contribution in [0.1, 0.15) is 0 Å². The number of hydrogen-bond acceptors (Lipinski definition) is 4. The van der Waals surface area contributed by atoms with E-state index in [0.717, 1.165) is 0 Å². The molecule has 0 aromatic carbocycles. The van der Waals surface area contributed by atoms with Crippen LogP contribution in [0.4, 0.5) is 0 Å². The molecule has 0 unspecified atom stereocenters. The van der Waals surface area contributed by atoms with Crippen molar-refractivity contribution < 1.29 is 27.5 Å². The molecule has 21 heavy (non-hydrogen) atoms. The molecule has 0 N–H and O–H groups in total. The zero-order valence-corrected chi connectivity index (χ0v) is 21.8. The zero-order valence-electron chi connectivity index (χ0n) is 13.9. The van der Waals surface area contributed by atoms with E-state index in [4.69, 9.17) is 16.5 Å². The normalized spacial score (nSPS) is 28.4. The summed E-state index contributed by atoms with van der Waals surface area (Å²) in [7, 11) is -2.61.